The van der Waals surface area contributed by atoms with Crippen LogP contribution in [-0.2, 0) is 0 Å². The number of hydrogen-bond acceptors (Lipinski definition) is 5. The number of benzene rings is 7. The molecule has 0 atom stereocenters. The summed E-state index contributed by atoms with van der Waals surface area (Å²) in [5, 5.41) is 6.51. The van der Waals surface area contributed by atoms with Gasteiger partial charge < -0.3 is 8.83 Å². The molecule has 5 heteroatoms. The van der Waals surface area contributed by atoms with Crippen LogP contribution in [0.4, 0.5) is 0 Å². The van der Waals surface area contributed by atoms with Gasteiger partial charge in [-0.15, -0.1) is 0 Å². The predicted octanol–water partition coefficient (Wildman–Crippen LogP) is 11.5. The van der Waals surface area contributed by atoms with Gasteiger partial charge in [0.25, 0.3) is 0 Å². The van der Waals surface area contributed by atoms with Gasteiger partial charge in [0.2, 0.25) is 0 Å². The van der Waals surface area contributed by atoms with Crippen LogP contribution in [0, 0.1) is 0 Å². The first-order valence-electron chi connectivity index (χ1n) is 15.9. The summed E-state index contributed by atoms with van der Waals surface area (Å²) in [6.45, 7) is 0. The Hall–Kier alpha value is -6.59. The summed E-state index contributed by atoms with van der Waals surface area (Å²) in [6, 6.07) is 51.7. The first-order chi connectivity index (χ1) is 23.8. The van der Waals surface area contributed by atoms with Crippen LogP contribution < -0.4 is 0 Å². The fourth-order valence-corrected chi connectivity index (χ4v) is 6.81. The largest absolute Gasteiger partial charge is 0.456 e. The molecule has 3 aromatic heterocycles. The minimum Gasteiger partial charge on any atom is -0.456 e. The van der Waals surface area contributed by atoms with Gasteiger partial charge in [0, 0.05) is 43.8 Å². The maximum absolute atomic E-state index is 6.64. The highest BCUT2D eigenvalue weighted by Gasteiger charge is 2.21. The minimum atomic E-state index is 0.570. The van der Waals surface area contributed by atoms with E-state index in [2.05, 4.69) is 78.9 Å². The smallest absolute Gasteiger partial charge is 0.164 e. The number of rotatable bonds is 4. The SMILES string of the molecule is c1ccc(-c2nc(-c3ccc4c(c3)oc3ccccc34)nc(-c3ccc(-c4ccc5ccccc5c4)c4oc5ccccc5c34)n2)cc1. The number of furan rings is 2. The quantitative estimate of drug-likeness (QED) is 0.197. The van der Waals surface area contributed by atoms with Crippen LogP contribution in [0.3, 0.4) is 0 Å². The van der Waals surface area contributed by atoms with E-state index in [-0.39, 0.29) is 0 Å². The van der Waals surface area contributed by atoms with Crippen LogP contribution in [0.2, 0.25) is 0 Å². The molecule has 7 aromatic carbocycles. The molecule has 48 heavy (non-hydrogen) atoms. The van der Waals surface area contributed by atoms with Gasteiger partial charge in [-0.25, -0.2) is 15.0 Å². The van der Waals surface area contributed by atoms with Crippen molar-refractivity contribution in [3.05, 3.63) is 152 Å². The van der Waals surface area contributed by atoms with E-state index >= 15 is 0 Å². The molecule has 0 aliphatic carbocycles. The van der Waals surface area contributed by atoms with Crippen molar-refractivity contribution >= 4 is 54.6 Å². The minimum absolute atomic E-state index is 0.570. The summed E-state index contributed by atoms with van der Waals surface area (Å²) in [7, 11) is 0. The van der Waals surface area contributed by atoms with E-state index < -0.39 is 0 Å². The maximum Gasteiger partial charge on any atom is 0.164 e. The molecule has 0 amide bonds. The topological polar surface area (TPSA) is 65.0 Å². The van der Waals surface area contributed by atoms with Crippen molar-refractivity contribution in [2.75, 3.05) is 0 Å². The molecule has 0 radical (unpaired) electrons. The zero-order valence-corrected chi connectivity index (χ0v) is 25.6. The van der Waals surface area contributed by atoms with Crippen LogP contribution in [-0.4, -0.2) is 15.0 Å². The Bertz CT molecular complexity index is 2850. The van der Waals surface area contributed by atoms with E-state index in [1.807, 2.05) is 72.8 Å². The molecule has 10 aromatic rings. The molecule has 0 spiro atoms. The third-order valence-electron chi connectivity index (χ3n) is 9.13. The van der Waals surface area contributed by atoms with Gasteiger partial charge in [0.05, 0.1) is 0 Å². The van der Waals surface area contributed by atoms with Crippen molar-refractivity contribution in [3.8, 4) is 45.3 Å². The van der Waals surface area contributed by atoms with Gasteiger partial charge in [0.15, 0.2) is 17.5 Å². The van der Waals surface area contributed by atoms with Gasteiger partial charge >= 0.3 is 0 Å². The van der Waals surface area contributed by atoms with Crippen LogP contribution in [0.15, 0.2) is 160 Å². The summed E-state index contributed by atoms with van der Waals surface area (Å²) >= 11 is 0. The second-order valence-corrected chi connectivity index (χ2v) is 12.0. The van der Waals surface area contributed by atoms with Gasteiger partial charge in [-0.1, -0.05) is 109 Å². The first-order valence-corrected chi connectivity index (χ1v) is 15.9. The van der Waals surface area contributed by atoms with E-state index in [9.17, 15) is 0 Å². The van der Waals surface area contributed by atoms with Crippen molar-refractivity contribution in [2.24, 2.45) is 0 Å². The Kier molecular flexibility index (Phi) is 5.81. The highest BCUT2D eigenvalue weighted by atomic mass is 16.3. The van der Waals surface area contributed by atoms with Crippen molar-refractivity contribution < 1.29 is 8.83 Å². The number of nitrogens with zero attached hydrogens (tertiary/aromatic N) is 3. The molecule has 0 saturated carbocycles. The normalized spacial score (nSPS) is 11.8. The Balaban J connectivity index is 1.22. The molecule has 224 valence electrons. The molecule has 0 fully saturated rings. The lowest BCUT2D eigenvalue weighted by molar-refractivity contribution is 0.669. The average molecular weight is 616 g/mol. The van der Waals surface area contributed by atoms with Gasteiger partial charge in [0.1, 0.15) is 22.3 Å². The van der Waals surface area contributed by atoms with Gasteiger partial charge in [-0.2, -0.15) is 0 Å². The van der Waals surface area contributed by atoms with Crippen molar-refractivity contribution in [3.63, 3.8) is 0 Å². The lowest BCUT2D eigenvalue weighted by atomic mass is 9.96. The molecule has 5 nitrogen and oxygen atoms in total. The molecule has 3 heterocycles. The molecule has 0 bridgehead atoms. The van der Waals surface area contributed by atoms with E-state index in [1.54, 1.807) is 0 Å². The van der Waals surface area contributed by atoms with Crippen LogP contribution in [0.1, 0.15) is 0 Å². The van der Waals surface area contributed by atoms with E-state index in [0.29, 0.717) is 17.5 Å². The number of fused-ring (bicyclic) bond motifs is 7. The summed E-state index contributed by atoms with van der Waals surface area (Å²) in [5.74, 6) is 1.74. The van der Waals surface area contributed by atoms with E-state index in [1.165, 1.54) is 10.8 Å². The number of hydrogen-bond donors (Lipinski definition) is 0. The zero-order valence-electron chi connectivity index (χ0n) is 25.6. The molecule has 0 unspecified atom stereocenters. The summed E-state index contributed by atoms with van der Waals surface area (Å²) in [5.41, 5.74) is 8.01. The van der Waals surface area contributed by atoms with Crippen LogP contribution >= 0.6 is 0 Å². The fraction of sp³-hybridized carbons (Fsp3) is 0. The number of para-hydroxylation sites is 2. The van der Waals surface area contributed by atoms with Gasteiger partial charge in [-0.3, -0.25) is 0 Å². The Morgan fingerprint density at radius 2 is 0.979 bits per heavy atom. The van der Waals surface area contributed by atoms with Crippen molar-refractivity contribution in [1.82, 2.24) is 15.0 Å². The molecule has 0 aliphatic rings. The summed E-state index contributed by atoms with van der Waals surface area (Å²) in [4.78, 5) is 15.2. The molecule has 10 rings (SSSR count). The molecular weight excluding hydrogens is 590 g/mol. The highest BCUT2D eigenvalue weighted by Crippen LogP contribution is 2.42. The first kappa shape index (κ1) is 26.6. The Morgan fingerprint density at radius 3 is 1.83 bits per heavy atom. The molecule has 0 aliphatic heterocycles. The van der Waals surface area contributed by atoms with E-state index in [0.717, 1.165) is 71.7 Å². The maximum atomic E-state index is 6.64. The Labute approximate surface area is 274 Å². The van der Waals surface area contributed by atoms with Crippen molar-refractivity contribution in [2.45, 2.75) is 0 Å². The van der Waals surface area contributed by atoms with Crippen molar-refractivity contribution in [1.29, 1.82) is 0 Å². The van der Waals surface area contributed by atoms with Crippen LogP contribution in [0.25, 0.3) is 99.9 Å². The summed E-state index contributed by atoms with van der Waals surface area (Å²) < 4.78 is 12.9. The van der Waals surface area contributed by atoms with E-state index in [4.69, 9.17) is 23.8 Å². The van der Waals surface area contributed by atoms with Crippen LogP contribution in [0.5, 0.6) is 0 Å². The summed E-state index contributed by atoms with van der Waals surface area (Å²) in [6.07, 6.45) is 0. The Morgan fingerprint density at radius 1 is 0.354 bits per heavy atom. The monoisotopic (exact) mass is 615 g/mol. The number of aromatic nitrogens is 3. The molecular formula is C43H25N3O2. The molecule has 0 N–H and O–H groups in total. The zero-order chi connectivity index (χ0) is 31.6. The second kappa shape index (κ2) is 10.5. The third-order valence-corrected chi connectivity index (χ3v) is 9.13. The second-order valence-electron chi connectivity index (χ2n) is 12.0. The lowest BCUT2D eigenvalue weighted by Crippen LogP contribution is -2.00. The molecule has 0 saturated heterocycles. The lowest BCUT2D eigenvalue weighted by Gasteiger charge is -2.11. The fourth-order valence-electron chi connectivity index (χ4n) is 6.81. The standard InChI is InChI=1S/C43H25N3O2/c1-2-11-27(12-3-1)41-44-42(30-20-21-33-32-14-6-8-16-36(32)47-38(33)25-30)46-43(45-41)35-23-22-31(29-19-18-26-10-4-5-13-28(26)24-29)40-39(35)34-15-7-9-17-37(34)48-40/h1-25H. The predicted molar refractivity (Wildman–Crippen MR) is 194 cm³/mol. The van der Waals surface area contributed by atoms with Gasteiger partial charge in [-0.05, 0) is 58.8 Å². The third kappa shape index (κ3) is 4.22. The highest BCUT2D eigenvalue weighted by molar-refractivity contribution is 6.16. The average Bonchev–Trinajstić information content (AvgIpc) is 3.73.